The van der Waals surface area contributed by atoms with Gasteiger partial charge < -0.3 is 14.7 Å². The maximum Gasteiger partial charge on any atom is 0.222 e. The van der Waals surface area contributed by atoms with E-state index in [0.717, 1.165) is 35.5 Å². The molecule has 0 aliphatic carbocycles. The number of aryl methyl sites for hydroxylation is 2. The summed E-state index contributed by atoms with van der Waals surface area (Å²) in [6, 6.07) is 17.1. The third-order valence-corrected chi connectivity index (χ3v) is 6.37. The van der Waals surface area contributed by atoms with Crippen molar-refractivity contribution in [2.45, 2.75) is 45.6 Å². The van der Waals surface area contributed by atoms with Crippen molar-refractivity contribution in [3.8, 4) is 0 Å². The van der Waals surface area contributed by atoms with Gasteiger partial charge in [0.25, 0.3) is 0 Å². The number of nitrogens with one attached hydrogen (secondary N) is 1. The van der Waals surface area contributed by atoms with Crippen molar-refractivity contribution in [2.75, 3.05) is 18.4 Å². The van der Waals surface area contributed by atoms with E-state index in [9.17, 15) is 9.18 Å². The molecule has 1 N–H and O–H groups in total. The van der Waals surface area contributed by atoms with Gasteiger partial charge in [0.1, 0.15) is 11.6 Å². The van der Waals surface area contributed by atoms with Crippen molar-refractivity contribution in [1.82, 2.24) is 10.1 Å². The lowest BCUT2D eigenvalue weighted by Gasteiger charge is -2.39. The molecule has 0 spiro atoms. The predicted octanol–water partition coefficient (Wildman–Crippen LogP) is 4.94. The lowest BCUT2D eigenvalue weighted by molar-refractivity contribution is -0.133. The molecule has 3 aromatic rings. The maximum atomic E-state index is 13.7. The fourth-order valence-electron chi connectivity index (χ4n) is 4.61. The minimum atomic E-state index is -0.249. The highest BCUT2D eigenvalue weighted by molar-refractivity contribution is 5.76. The Morgan fingerprint density at radius 1 is 1.19 bits per heavy atom. The van der Waals surface area contributed by atoms with E-state index >= 15 is 0 Å². The summed E-state index contributed by atoms with van der Waals surface area (Å²) >= 11 is 0. The van der Waals surface area contributed by atoms with Crippen LogP contribution in [0.3, 0.4) is 0 Å². The Morgan fingerprint density at radius 2 is 2.00 bits per heavy atom. The summed E-state index contributed by atoms with van der Waals surface area (Å²) in [5.74, 6) is 0.932. The molecule has 0 saturated carbocycles. The lowest BCUT2D eigenvalue weighted by Crippen LogP contribution is -2.49. The second kappa shape index (κ2) is 9.98. The molecule has 5 nitrogen and oxygen atoms in total. The smallest absolute Gasteiger partial charge is 0.222 e. The Kier molecular flexibility index (Phi) is 6.88. The van der Waals surface area contributed by atoms with E-state index in [1.807, 2.05) is 43.0 Å². The van der Waals surface area contributed by atoms with Crippen LogP contribution in [-0.4, -0.2) is 35.1 Å². The lowest BCUT2D eigenvalue weighted by atomic mass is 9.86. The van der Waals surface area contributed by atoms with Gasteiger partial charge in [-0.05, 0) is 56.9 Å². The van der Waals surface area contributed by atoms with Crippen LogP contribution in [0.15, 0.2) is 59.1 Å². The molecule has 2 atom stereocenters. The number of hydrogen-bond acceptors (Lipinski definition) is 4. The predicted molar refractivity (Wildman–Crippen MR) is 123 cm³/mol. The average molecular weight is 436 g/mol. The summed E-state index contributed by atoms with van der Waals surface area (Å²) < 4.78 is 18.9. The van der Waals surface area contributed by atoms with Crippen LogP contribution >= 0.6 is 0 Å². The largest absolute Gasteiger partial charge is 0.382 e. The zero-order valence-corrected chi connectivity index (χ0v) is 18.7. The number of rotatable bonds is 7. The zero-order valence-electron chi connectivity index (χ0n) is 18.7. The number of aromatic nitrogens is 1. The van der Waals surface area contributed by atoms with Crippen LogP contribution in [0.25, 0.3) is 0 Å². The summed E-state index contributed by atoms with van der Waals surface area (Å²) in [6.07, 6.45) is 2.78. The van der Waals surface area contributed by atoms with E-state index in [2.05, 4.69) is 22.6 Å². The summed E-state index contributed by atoms with van der Waals surface area (Å²) in [7, 11) is 0. The SMILES string of the molecule is Cc1noc(C)c1CCC(=O)N1CC[C@@H](Nc2cccc(F)c2)[C@@H](Cc2ccccc2)C1. The number of halogens is 1. The van der Waals surface area contributed by atoms with Gasteiger partial charge in [0.2, 0.25) is 5.91 Å². The van der Waals surface area contributed by atoms with Crippen LogP contribution in [0.4, 0.5) is 10.1 Å². The van der Waals surface area contributed by atoms with E-state index in [-0.39, 0.29) is 23.7 Å². The first-order valence-electron chi connectivity index (χ1n) is 11.2. The highest BCUT2D eigenvalue weighted by Crippen LogP contribution is 2.26. The minimum Gasteiger partial charge on any atom is -0.382 e. The second-order valence-corrected chi connectivity index (χ2v) is 8.64. The number of benzene rings is 2. The second-order valence-electron chi connectivity index (χ2n) is 8.64. The molecule has 2 aromatic carbocycles. The highest BCUT2D eigenvalue weighted by Gasteiger charge is 2.31. The fraction of sp³-hybridized carbons (Fsp3) is 0.385. The molecular formula is C26H30FN3O2. The molecule has 1 aliphatic heterocycles. The molecule has 168 valence electrons. The Labute approximate surface area is 188 Å². The van der Waals surface area contributed by atoms with Crippen LogP contribution in [-0.2, 0) is 17.6 Å². The topological polar surface area (TPSA) is 58.4 Å². The molecular weight excluding hydrogens is 405 g/mol. The van der Waals surface area contributed by atoms with Crippen LogP contribution in [0.1, 0.15) is 35.4 Å². The third kappa shape index (κ3) is 5.36. The number of amides is 1. The summed E-state index contributed by atoms with van der Waals surface area (Å²) in [5, 5.41) is 7.51. The monoisotopic (exact) mass is 435 g/mol. The fourth-order valence-corrected chi connectivity index (χ4v) is 4.61. The van der Waals surface area contributed by atoms with E-state index in [1.165, 1.54) is 17.7 Å². The molecule has 1 fully saturated rings. The standard InChI is InChI=1S/C26H30FN3O2/c1-18-24(19(2)32-29-18)11-12-26(31)30-14-13-25(28-23-10-6-9-22(27)16-23)21(17-30)15-20-7-4-3-5-8-20/h3-10,16,21,25,28H,11-15,17H2,1-2H3/t21-,25+/m0/s1. The Bertz CT molecular complexity index is 1030. The number of likely N-dealkylation sites (tertiary alicyclic amines) is 1. The van der Waals surface area contributed by atoms with Gasteiger partial charge in [-0.1, -0.05) is 41.6 Å². The van der Waals surface area contributed by atoms with Crippen LogP contribution < -0.4 is 5.32 Å². The number of nitrogens with zero attached hydrogens (tertiary/aromatic N) is 2. The Balaban J connectivity index is 1.44. The number of hydrogen-bond donors (Lipinski definition) is 1. The third-order valence-electron chi connectivity index (χ3n) is 6.37. The molecule has 0 radical (unpaired) electrons. The molecule has 0 bridgehead atoms. The van der Waals surface area contributed by atoms with E-state index < -0.39 is 0 Å². The molecule has 1 aromatic heterocycles. The zero-order chi connectivity index (χ0) is 22.5. The van der Waals surface area contributed by atoms with Crippen molar-refractivity contribution in [2.24, 2.45) is 5.92 Å². The van der Waals surface area contributed by atoms with Gasteiger partial charge in [0.05, 0.1) is 5.69 Å². The Morgan fingerprint density at radius 3 is 2.72 bits per heavy atom. The van der Waals surface area contributed by atoms with Crippen molar-refractivity contribution < 1.29 is 13.7 Å². The van der Waals surface area contributed by atoms with Crippen molar-refractivity contribution in [1.29, 1.82) is 0 Å². The van der Waals surface area contributed by atoms with Crippen molar-refractivity contribution in [3.63, 3.8) is 0 Å². The quantitative estimate of drug-likeness (QED) is 0.571. The average Bonchev–Trinajstić information content (AvgIpc) is 3.11. The summed E-state index contributed by atoms with van der Waals surface area (Å²) in [4.78, 5) is 15.0. The van der Waals surface area contributed by atoms with Gasteiger partial charge in [-0.2, -0.15) is 0 Å². The summed E-state index contributed by atoms with van der Waals surface area (Å²) in [5.41, 5.74) is 3.91. The van der Waals surface area contributed by atoms with Crippen molar-refractivity contribution in [3.05, 3.63) is 83.0 Å². The van der Waals surface area contributed by atoms with Crippen molar-refractivity contribution >= 4 is 11.6 Å². The number of piperidine rings is 1. The molecule has 32 heavy (non-hydrogen) atoms. The molecule has 1 aliphatic rings. The first-order valence-corrected chi connectivity index (χ1v) is 11.2. The van der Waals surface area contributed by atoms with Gasteiger partial charge in [0, 0.05) is 42.7 Å². The first kappa shape index (κ1) is 22.1. The van der Waals surface area contributed by atoms with E-state index in [0.29, 0.717) is 25.9 Å². The van der Waals surface area contributed by atoms with E-state index in [1.54, 1.807) is 6.07 Å². The van der Waals surface area contributed by atoms with E-state index in [4.69, 9.17) is 4.52 Å². The van der Waals surface area contributed by atoms with Gasteiger partial charge in [0.15, 0.2) is 0 Å². The molecule has 6 heteroatoms. The maximum absolute atomic E-state index is 13.7. The highest BCUT2D eigenvalue weighted by atomic mass is 19.1. The van der Waals surface area contributed by atoms with Gasteiger partial charge in [-0.15, -0.1) is 0 Å². The molecule has 1 amide bonds. The molecule has 0 unspecified atom stereocenters. The molecule has 4 rings (SSSR count). The first-order chi connectivity index (χ1) is 15.5. The van der Waals surface area contributed by atoms with Crippen LogP contribution in [0.2, 0.25) is 0 Å². The molecule has 1 saturated heterocycles. The number of carbonyl (C=O) groups is 1. The summed E-state index contributed by atoms with van der Waals surface area (Å²) in [6.45, 7) is 5.18. The van der Waals surface area contributed by atoms with Crippen LogP contribution in [0.5, 0.6) is 0 Å². The van der Waals surface area contributed by atoms with Crippen LogP contribution in [0, 0.1) is 25.6 Å². The van der Waals surface area contributed by atoms with Gasteiger partial charge in [-0.25, -0.2) is 4.39 Å². The minimum absolute atomic E-state index is 0.160. The number of carbonyl (C=O) groups excluding carboxylic acids is 1. The normalized spacial score (nSPS) is 18.5. The van der Waals surface area contributed by atoms with Gasteiger partial charge in [-0.3, -0.25) is 4.79 Å². The number of anilines is 1. The van der Waals surface area contributed by atoms with Gasteiger partial charge >= 0.3 is 0 Å². The molecule has 2 heterocycles. The Hall–Kier alpha value is -3.15.